The van der Waals surface area contributed by atoms with Crippen molar-refractivity contribution in [2.75, 3.05) is 13.4 Å². The second kappa shape index (κ2) is 6.49. The van der Waals surface area contributed by atoms with Gasteiger partial charge in [0, 0.05) is 10.5 Å². The maximum absolute atomic E-state index is 5.48. The lowest BCUT2D eigenvalue weighted by atomic mass is 10.0. The topological polar surface area (TPSA) is 9.23 Å². The molecule has 0 spiro atoms. The van der Waals surface area contributed by atoms with Crippen LogP contribution in [0.3, 0.4) is 0 Å². The molecule has 1 nitrogen and oxygen atoms in total. The van der Waals surface area contributed by atoms with Crippen LogP contribution in [0, 0.1) is 6.92 Å². The van der Waals surface area contributed by atoms with E-state index in [4.69, 9.17) is 4.74 Å². The molecule has 0 aromatic heterocycles. The zero-order valence-corrected chi connectivity index (χ0v) is 13.7. The molecule has 0 N–H and O–H groups in total. The Morgan fingerprint density at radius 3 is 2.53 bits per heavy atom. The van der Waals surface area contributed by atoms with E-state index in [1.165, 1.54) is 21.6 Å². The molecule has 0 radical (unpaired) electrons. The summed E-state index contributed by atoms with van der Waals surface area (Å²) in [5.74, 6) is 0.920. The summed E-state index contributed by atoms with van der Waals surface area (Å²) in [5.41, 5.74) is 3.68. The molecule has 2 rings (SSSR count). The van der Waals surface area contributed by atoms with Crippen LogP contribution in [0.4, 0.5) is 0 Å². The van der Waals surface area contributed by atoms with Crippen LogP contribution >= 0.6 is 27.7 Å². The van der Waals surface area contributed by atoms with E-state index in [0.29, 0.717) is 0 Å². The fourth-order valence-corrected chi connectivity index (χ4v) is 3.64. The number of rotatable bonds is 4. The Hall–Kier alpha value is -0.930. The molecule has 0 amide bonds. The Morgan fingerprint density at radius 2 is 1.84 bits per heavy atom. The standard InChI is InChI=1S/C16H17BrOS/c1-11-8-9-14(18-2)13(10-11)16(17)12-6-4-5-7-15(12)19-3/h4-10,16H,1-3H3. The second-order valence-electron chi connectivity index (χ2n) is 4.35. The maximum atomic E-state index is 5.48. The highest BCUT2D eigenvalue weighted by Gasteiger charge is 2.17. The Labute approximate surface area is 127 Å². The number of aryl methyl sites for hydroxylation is 1. The van der Waals surface area contributed by atoms with Crippen molar-refractivity contribution in [1.29, 1.82) is 0 Å². The lowest BCUT2D eigenvalue weighted by molar-refractivity contribution is 0.410. The normalized spacial score (nSPS) is 12.2. The maximum Gasteiger partial charge on any atom is 0.123 e. The zero-order valence-electron chi connectivity index (χ0n) is 11.3. The van der Waals surface area contributed by atoms with E-state index >= 15 is 0 Å². The van der Waals surface area contributed by atoms with Crippen LogP contribution in [0.15, 0.2) is 47.4 Å². The zero-order chi connectivity index (χ0) is 13.8. The molecule has 0 bridgehead atoms. The first-order valence-electron chi connectivity index (χ1n) is 6.09. The van der Waals surface area contributed by atoms with Crippen LogP contribution in [-0.4, -0.2) is 13.4 Å². The Kier molecular flexibility index (Phi) is 4.94. The van der Waals surface area contributed by atoms with Gasteiger partial charge in [-0.05, 0) is 30.9 Å². The van der Waals surface area contributed by atoms with Gasteiger partial charge in [-0.25, -0.2) is 0 Å². The van der Waals surface area contributed by atoms with Gasteiger partial charge in [0.2, 0.25) is 0 Å². The van der Waals surface area contributed by atoms with E-state index in [0.717, 1.165) is 5.75 Å². The van der Waals surface area contributed by atoms with Crippen LogP contribution in [0.5, 0.6) is 5.75 Å². The minimum atomic E-state index is 0.144. The molecule has 19 heavy (non-hydrogen) atoms. The van der Waals surface area contributed by atoms with E-state index in [2.05, 4.69) is 65.5 Å². The summed E-state index contributed by atoms with van der Waals surface area (Å²) in [7, 11) is 1.72. The number of alkyl halides is 1. The quantitative estimate of drug-likeness (QED) is 0.559. The van der Waals surface area contributed by atoms with Crippen molar-refractivity contribution in [3.8, 4) is 5.75 Å². The average Bonchev–Trinajstić information content (AvgIpc) is 2.46. The molecule has 3 heteroatoms. The van der Waals surface area contributed by atoms with Gasteiger partial charge in [-0.15, -0.1) is 11.8 Å². The molecule has 0 saturated carbocycles. The second-order valence-corrected chi connectivity index (χ2v) is 6.11. The van der Waals surface area contributed by atoms with E-state index in [9.17, 15) is 0 Å². The summed E-state index contributed by atoms with van der Waals surface area (Å²) < 4.78 is 5.48. The fourth-order valence-electron chi connectivity index (χ4n) is 2.10. The molecule has 1 atom stereocenters. The van der Waals surface area contributed by atoms with Crippen LogP contribution in [0.2, 0.25) is 0 Å². The molecule has 2 aromatic rings. The lowest BCUT2D eigenvalue weighted by Gasteiger charge is -2.17. The molecular formula is C16H17BrOS. The largest absolute Gasteiger partial charge is 0.496 e. The third-order valence-electron chi connectivity index (χ3n) is 3.07. The fraction of sp³-hybridized carbons (Fsp3) is 0.250. The lowest BCUT2D eigenvalue weighted by Crippen LogP contribution is -1.99. The Bertz CT molecular complexity index is 568. The predicted molar refractivity (Wildman–Crippen MR) is 86.7 cm³/mol. The van der Waals surface area contributed by atoms with Crippen LogP contribution in [-0.2, 0) is 0 Å². The highest BCUT2D eigenvalue weighted by Crippen LogP contribution is 2.40. The highest BCUT2D eigenvalue weighted by atomic mass is 79.9. The first kappa shape index (κ1) is 14.5. The molecule has 0 aliphatic carbocycles. The number of hydrogen-bond donors (Lipinski definition) is 0. The van der Waals surface area contributed by atoms with E-state index in [1.54, 1.807) is 18.9 Å². The van der Waals surface area contributed by atoms with Crippen LogP contribution in [0.25, 0.3) is 0 Å². The van der Waals surface area contributed by atoms with E-state index in [-0.39, 0.29) is 4.83 Å². The third kappa shape index (κ3) is 3.15. The molecule has 0 fully saturated rings. The number of halogens is 1. The van der Waals surface area contributed by atoms with Crippen LogP contribution in [0.1, 0.15) is 21.5 Å². The molecule has 2 aromatic carbocycles. The number of hydrogen-bond acceptors (Lipinski definition) is 2. The molecule has 1 unspecified atom stereocenters. The SMILES string of the molecule is COc1ccc(C)cc1C(Br)c1ccccc1SC. The van der Waals surface area contributed by atoms with Crippen molar-refractivity contribution in [2.45, 2.75) is 16.6 Å². The van der Waals surface area contributed by atoms with Gasteiger partial charge in [0.15, 0.2) is 0 Å². The number of ether oxygens (including phenoxy) is 1. The average molecular weight is 337 g/mol. The number of thioether (sulfide) groups is 1. The molecule has 0 aliphatic heterocycles. The van der Waals surface area contributed by atoms with Crippen molar-refractivity contribution in [2.24, 2.45) is 0 Å². The highest BCUT2D eigenvalue weighted by molar-refractivity contribution is 9.09. The molecule has 0 saturated heterocycles. The summed E-state index contributed by atoms with van der Waals surface area (Å²) >= 11 is 5.58. The Morgan fingerprint density at radius 1 is 1.11 bits per heavy atom. The summed E-state index contributed by atoms with van der Waals surface area (Å²) in [5, 5.41) is 0. The number of methoxy groups -OCH3 is 1. The molecule has 0 heterocycles. The van der Waals surface area contributed by atoms with Crippen LogP contribution < -0.4 is 4.74 Å². The van der Waals surface area contributed by atoms with Gasteiger partial charge in [0.05, 0.1) is 11.9 Å². The third-order valence-corrected chi connectivity index (χ3v) is 4.87. The molecule has 0 aliphatic rings. The van der Waals surface area contributed by atoms with Crippen molar-refractivity contribution in [3.63, 3.8) is 0 Å². The van der Waals surface area contributed by atoms with Crippen molar-refractivity contribution < 1.29 is 4.74 Å². The van der Waals surface area contributed by atoms with E-state index < -0.39 is 0 Å². The van der Waals surface area contributed by atoms with Gasteiger partial charge in [-0.1, -0.05) is 51.8 Å². The van der Waals surface area contributed by atoms with Crippen molar-refractivity contribution >= 4 is 27.7 Å². The minimum absolute atomic E-state index is 0.144. The summed E-state index contributed by atoms with van der Waals surface area (Å²) in [6, 6.07) is 14.7. The van der Waals surface area contributed by atoms with Crippen molar-refractivity contribution in [3.05, 3.63) is 59.2 Å². The van der Waals surface area contributed by atoms with E-state index in [1.807, 2.05) is 6.07 Å². The summed E-state index contributed by atoms with van der Waals surface area (Å²) in [4.78, 5) is 1.43. The van der Waals surface area contributed by atoms with Crippen molar-refractivity contribution in [1.82, 2.24) is 0 Å². The van der Waals surface area contributed by atoms with Gasteiger partial charge in [0.25, 0.3) is 0 Å². The molecular weight excluding hydrogens is 320 g/mol. The van der Waals surface area contributed by atoms with Gasteiger partial charge >= 0.3 is 0 Å². The first-order chi connectivity index (χ1) is 9.17. The van der Waals surface area contributed by atoms with Gasteiger partial charge < -0.3 is 4.74 Å². The Balaban J connectivity index is 2.49. The van der Waals surface area contributed by atoms with Gasteiger partial charge in [-0.3, -0.25) is 0 Å². The first-order valence-corrected chi connectivity index (χ1v) is 8.23. The minimum Gasteiger partial charge on any atom is -0.496 e. The smallest absolute Gasteiger partial charge is 0.123 e. The van der Waals surface area contributed by atoms with Gasteiger partial charge in [0.1, 0.15) is 5.75 Å². The predicted octanol–water partition coefficient (Wildman–Crippen LogP) is 5.21. The summed E-state index contributed by atoms with van der Waals surface area (Å²) in [6.45, 7) is 2.10. The number of benzene rings is 2. The van der Waals surface area contributed by atoms with Gasteiger partial charge in [-0.2, -0.15) is 0 Å². The molecule has 100 valence electrons. The summed E-state index contributed by atoms with van der Waals surface area (Å²) in [6.07, 6.45) is 2.10. The monoisotopic (exact) mass is 336 g/mol.